The zero-order valence-electron chi connectivity index (χ0n) is 7.62. The molecule has 0 aliphatic heterocycles. The van der Waals surface area contributed by atoms with Crippen LogP contribution in [0, 0.1) is 29.6 Å². The molecule has 0 spiro atoms. The minimum Gasteiger partial charge on any atom is -0.299 e. The van der Waals surface area contributed by atoms with Crippen LogP contribution in [0.25, 0.3) is 0 Å². The molecular formula is C11H16O. The number of hydrogen-bond donors (Lipinski definition) is 0. The van der Waals surface area contributed by atoms with E-state index in [4.69, 9.17) is 0 Å². The number of rotatable bonds is 0. The van der Waals surface area contributed by atoms with Gasteiger partial charge in [-0.25, -0.2) is 0 Å². The van der Waals surface area contributed by atoms with Gasteiger partial charge in [-0.2, -0.15) is 0 Å². The molecule has 0 aromatic heterocycles. The lowest BCUT2D eigenvalue weighted by Crippen LogP contribution is -2.22. The van der Waals surface area contributed by atoms with Crippen LogP contribution in [0.2, 0.25) is 0 Å². The molecule has 1 unspecified atom stereocenters. The van der Waals surface area contributed by atoms with Crippen LogP contribution in [0.1, 0.15) is 32.6 Å². The van der Waals surface area contributed by atoms with Crippen molar-refractivity contribution in [1.82, 2.24) is 0 Å². The van der Waals surface area contributed by atoms with Gasteiger partial charge in [-0.15, -0.1) is 0 Å². The molecule has 1 heteroatoms. The summed E-state index contributed by atoms with van der Waals surface area (Å²) in [5, 5.41) is 0. The Labute approximate surface area is 73.5 Å². The van der Waals surface area contributed by atoms with Crippen molar-refractivity contribution in [2.75, 3.05) is 0 Å². The Bertz CT molecular complexity index is 233. The fraction of sp³-hybridized carbons (Fsp3) is 0.909. The Morgan fingerprint density at radius 3 is 2.67 bits per heavy atom. The van der Waals surface area contributed by atoms with Crippen molar-refractivity contribution in [2.45, 2.75) is 32.6 Å². The summed E-state index contributed by atoms with van der Waals surface area (Å²) in [4.78, 5) is 11.8. The number of carbonyl (C=O) groups is 1. The van der Waals surface area contributed by atoms with Crippen molar-refractivity contribution >= 4 is 5.78 Å². The molecular weight excluding hydrogens is 148 g/mol. The molecule has 3 aliphatic carbocycles. The second-order valence-electron chi connectivity index (χ2n) is 5.06. The van der Waals surface area contributed by atoms with Gasteiger partial charge in [-0.05, 0) is 43.4 Å². The second-order valence-corrected chi connectivity index (χ2v) is 5.06. The van der Waals surface area contributed by atoms with Gasteiger partial charge in [-0.1, -0.05) is 6.92 Å². The minimum absolute atomic E-state index is 0.392. The standard InChI is InChI=1S/C11H16O/c1-6-4-9-7-2-3-8(5-7)10(9)11(6)12/h6-10H,2-5H2,1H3/t6?,7-,8+,9+,10-/m1/s1. The average Bonchev–Trinajstić information content (AvgIpc) is 2.66. The first-order valence-electron chi connectivity index (χ1n) is 5.31. The predicted molar refractivity (Wildman–Crippen MR) is 46.6 cm³/mol. The Kier molecular flexibility index (Phi) is 1.26. The van der Waals surface area contributed by atoms with E-state index in [0.717, 1.165) is 17.8 Å². The number of fused-ring (bicyclic) bond motifs is 5. The van der Waals surface area contributed by atoms with Crippen molar-refractivity contribution in [3.63, 3.8) is 0 Å². The summed E-state index contributed by atoms with van der Waals surface area (Å²) in [7, 11) is 0. The van der Waals surface area contributed by atoms with Crippen LogP contribution >= 0.6 is 0 Å². The molecule has 2 bridgehead atoms. The lowest BCUT2D eigenvalue weighted by atomic mass is 9.81. The topological polar surface area (TPSA) is 17.1 Å². The van der Waals surface area contributed by atoms with E-state index < -0.39 is 0 Å². The molecule has 3 rings (SSSR count). The van der Waals surface area contributed by atoms with E-state index in [2.05, 4.69) is 6.92 Å². The van der Waals surface area contributed by atoms with Gasteiger partial charge in [0.1, 0.15) is 5.78 Å². The third-order valence-electron chi connectivity index (χ3n) is 4.53. The largest absolute Gasteiger partial charge is 0.299 e. The van der Waals surface area contributed by atoms with E-state index in [0.29, 0.717) is 17.6 Å². The summed E-state index contributed by atoms with van der Waals surface area (Å²) in [6, 6.07) is 0. The van der Waals surface area contributed by atoms with E-state index in [9.17, 15) is 4.79 Å². The van der Waals surface area contributed by atoms with Crippen molar-refractivity contribution in [2.24, 2.45) is 29.6 Å². The molecule has 1 nitrogen and oxygen atoms in total. The average molecular weight is 164 g/mol. The maximum Gasteiger partial charge on any atom is 0.139 e. The Morgan fingerprint density at radius 2 is 1.92 bits per heavy atom. The third kappa shape index (κ3) is 0.681. The van der Waals surface area contributed by atoms with Crippen LogP contribution in [-0.2, 0) is 4.79 Å². The van der Waals surface area contributed by atoms with Crippen LogP contribution in [-0.4, -0.2) is 5.78 Å². The molecule has 3 fully saturated rings. The van der Waals surface area contributed by atoms with Gasteiger partial charge < -0.3 is 0 Å². The van der Waals surface area contributed by atoms with E-state index in [-0.39, 0.29) is 0 Å². The van der Waals surface area contributed by atoms with Gasteiger partial charge in [0.25, 0.3) is 0 Å². The summed E-state index contributed by atoms with van der Waals surface area (Å²) < 4.78 is 0. The van der Waals surface area contributed by atoms with Gasteiger partial charge in [0.15, 0.2) is 0 Å². The lowest BCUT2D eigenvalue weighted by Gasteiger charge is -2.22. The quantitative estimate of drug-likeness (QED) is 0.536. The van der Waals surface area contributed by atoms with Gasteiger partial charge in [0, 0.05) is 11.8 Å². The Morgan fingerprint density at radius 1 is 1.17 bits per heavy atom. The van der Waals surface area contributed by atoms with Gasteiger partial charge in [0.2, 0.25) is 0 Å². The first-order valence-corrected chi connectivity index (χ1v) is 5.31. The van der Waals surface area contributed by atoms with Crippen LogP contribution < -0.4 is 0 Å². The monoisotopic (exact) mass is 164 g/mol. The highest BCUT2D eigenvalue weighted by atomic mass is 16.1. The van der Waals surface area contributed by atoms with Crippen molar-refractivity contribution in [1.29, 1.82) is 0 Å². The van der Waals surface area contributed by atoms with E-state index >= 15 is 0 Å². The number of carbonyl (C=O) groups excluding carboxylic acids is 1. The van der Waals surface area contributed by atoms with Crippen molar-refractivity contribution in [3.05, 3.63) is 0 Å². The van der Waals surface area contributed by atoms with Crippen LogP contribution in [0.4, 0.5) is 0 Å². The smallest absolute Gasteiger partial charge is 0.139 e. The first-order chi connectivity index (χ1) is 5.77. The normalized spacial score (nSPS) is 56.4. The third-order valence-corrected chi connectivity index (χ3v) is 4.53. The Hall–Kier alpha value is -0.330. The fourth-order valence-electron chi connectivity index (χ4n) is 4.05. The summed E-state index contributed by atoms with van der Waals surface area (Å²) in [5.74, 6) is 4.06. The van der Waals surface area contributed by atoms with Crippen molar-refractivity contribution in [3.8, 4) is 0 Å². The number of ketones is 1. The molecule has 0 aromatic carbocycles. The van der Waals surface area contributed by atoms with E-state index in [1.165, 1.54) is 25.7 Å². The second kappa shape index (κ2) is 2.12. The molecule has 0 aromatic rings. The number of hydrogen-bond acceptors (Lipinski definition) is 1. The summed E-state index contributed by atoms with van der Waals surface area (Å²) in [5.41, 5.74) is 0. The van der Waals surface area contributed by atoms with E-state index in [1.54, 1.807) is 0 Å². The van der Waals surface area contributed by atoms with Gasteiger partial charge >= 0.3 is 0 Å². The first kappa shape index (κ1) is 7.11. The molecule has 0 amide bonds. The molecule has 5 atom stereocenters. The molecule has 0 saturated heterocycles. The fourth-order valence-corrected chi connectivity index (χ4v) is 4.05. The minimum atomic E-state index is 0.392. The molecule has 0 heterocycles. The van der Waals surface area contributed by atoms with Crippen LogP contribution in [0.15, 0.2) is 0 Å². The highest BCUT2D eigenvalue weighted by molar-refractivity contribution is 5.86. The molecule has 66 valence electrons. The molecule has 3 aliphatic rings. The molecule has 0 N–H and O–H groups in total. The zero-order valence-corrected chi connectivity index (χ0v) is 7.62. The molecule has 3 saturated carbocycles. The van der Waals surface area contributed by atoms with Crippen molar-refractivity contribution < 1.29 is 4.79 Å². The predicted octanol–water partition coefficient (Wildman–Crippen LogP) is 2.26. The van der Waals surface area contributed by atoms with Gasteiger partial charge in [0.05, 0.1) is 0 Å². The highest BCUT2D eigenvalue weighted by Crippen LogP contribution is 2.58. The summed E-state index contributed by atoms with van der Waals surface area (Å²) in [6.45, 7) is 2.13. The van der Waals surface area contributed by atoms with Gasteiger partial charge in [-0.3, -0.25) is 4.79 Å². The molecule has 0 radical (unpaired) electrons. The zero-order chi connectivity index (χ0) is 8.29. The lowest BCUT2D eigenvalue weighted by molar-refractivity contribution is -0.125. The number of Topliss-reactive ketones (excluding diaryl/α,β-unsaturated/α-hetero) is 1. The highest BCUT2D eigenvalue weighted by Gasteiger charge is 2.55. The van der Waals surface area contributed by atoms with Crippen LogP contribution in [0.5, 0.6) is 0 Å². The summed E-state index contributed by atoms with van der Waals surface area (Å²) >= 11 is 0. The summed E-state index contributed by atoms with van der Waals surface area (Å²) in [6.07, 6.45) is 5.37. The Balaban J connectivity index is 1.95. The maximum absolute atomic E-state index is 11.8. The SMILES string of the molecule is CC1C[C@H]2[C@@H]3CC[C@@H](C3)[C@H]2C1=O. The maximum atomic E-state index is 11.8. The molecule has 12 heavy (non-hydrogen) atoms. The van der Waals surface area contributed by atoms with E-state index in [1.807, 2.05) is 0 Å². The van der Waals surface area contributed by atoms with Crippen LogP contribution in [0.3, 0.4) is 0 Å².